The van der Waals surface area contributed by atoms with Crippen molar-refractivity contribution in [1.29, 1.82) is 0 Å². The lowest BCUT2D eigenvalue weighted by Gasteiger charge is -2.17. The third kappa shape index (κ3) is 5.65. The summed E-state index contributed by atoms with van der Waals surface area (Å²) in [4.78, 5) is 16.2. The average molecular weight is 444 g/mol. The molecular weight excluding hydrogens is 423 g/mol. The molecule has 0 radical (unpaired) electrons. The number of hydrogen-bond donors (Lipinski definition) is 2. The van der Waals surface area contributed by atoms with E-state index in [2.05, 4.69) is 16.4 Å². The molecule has 1 amide bonds. The van der Waals surface area contributed by atoms with Gasteiger partial charge < -0.3 is 10.6 Å². The van der Waals surface area contributed by atoms with Crippen molar-refractivity contribution in [2.24, 2.45) is 0 Å². The maximum absolute atomic E-state index is 12.6. The topological polar surface area (TPSA) is 54.0 Å². The standard InChI is InChI=1S/C20H21ClF3N3OS/c1-12(20(22,23)24)27-19(28)14-3-5-18(26-10-14)29-11-16-15-7-9-25-8-6-13(15)2-4-17(16)21/h2-5,10,12,25H,6-9,11H2,1H3,(H,27,28)/t12-/m1/s1. The first kappa shape index (κ1) is 21.9. The number of nitrogens with one attached hydrogen (secondary N) is 2. The number of fused-ring (bicyclic) bond motifs is 1. The smallest absolute Gasteiger partial charge is 0.340 e. The van der Waals surface area contributed by atoms with Crippen LogP contribution < -0.4 is 10.6 Å². The molecule has 1 aliphatic heterocycles. The van der Waals surface area contributed by atoms with Gasteiger partial charge in [0.15, 0.2) is 0 Å². The van der Waals surface area contributed by atoms with Crippen LogP contribution >= 0.6 is 23.4 Å². The first-order valence-electron chi connectivity index (χ1n) is 9.22. The number of rotatable bonds is 5. The Balaban J connectivity index is 1.66. The summed E-state index contributed by atoms with van der Waals surface area (Å²) in [5, 5.41) is 6.70. The molecule has 2 N–H and O–H groups in total. The van der Waals surface area contributed by atoms with Crippen molar-refractivity contribution < 1.29 is 18.0 Å². The lowest BCUT2D eigenvalue weighted by Crippen LogP contribution is -2.43. The quantitative estimate of drug-likeness (QED) is 0.673. The molecule has 156 valence electrons. The van der Waals surface area contributed by atoms with Crippen molar-refractivity contribution in [3.05, 3.63) is 57.7 Å². The molecule has 2 aromatic rings. The van der Waals surface area contributed by atoms with E-state index in [1.807, 2.05) is 11.4 Å². The van der Waals surface area contributed by atoms with Gasteiger partial charge in [-0.1, -0.05) is 17.7 Å². The van der Waals surface area contributed by atoms with Crippen LogP contribution in [0.4, 0.5) is 13.2 Å². The Kier molecular flexibility index (Phi) is 7.08. The van der Waals surface area contributed by atoms with Crippen LogP contribution in [0.2, 0.25) is 5.02 Å². The van der Waals surface area contributed by atoms with E-state index in [1.54, 1.807) is 6.07 Å². The zero-order valence-electron chi connectivity index (χ0n) is 15.8. The van der Waals surface area contributed by atoms with Crippen LogP contribution in [-0.2, 0) is 18.6 Å². The second-order valence-electron chi connectivity index (χ2n) is 6.82. The van der Waals surface area contributed by atoms with Gasteiger partial charge in [-0.2, -0.15) is 13.2 Å². The van der Waals surface area contributed by atoms with Crippen molar-refractivity contribution in [2.75, 3.05) is 13.1 Å². The zero-order chi connectivity index (χ0) is 21.0. The van der Waals surface area contributed by atoms with Crippen LogP contribution in [0, 0.1) is 0 Å². The number of nitrogens with zero attached hydrogens (tertiary/aromatic N) is 1. The van der Waals surface area contributed by atoms with Crippen molar-refractivity contribution in [3.63, 3.8) is 0 Å². The molecule has 9 heteroatoms. The molecule has 3 rings (SSSR count). The SMILES string of the molecule is C[C@@H](NC(=O)c1ccc(SCc2c(Cl)ccc3c2CCNCC3)nc1)C(F)(F)F. The fourth-order valence-electron chi connectivity index (χ4n) is 3.08. The summed E-state index contributed by atoms with van der Waals surface area (Å²) in [6.45, 7) is 2.75. The maximum atomic E-state index is 12.6. The molecule has 0 spiro atoms. The second kappa shape index (κ2) is 9.36. The summed E-state index contributed by atoms with van der Waals surface area (Å²) < 4.78 is 37.7. The number of alkyl halides is 3. The Labute approximate surface area is 176 Å². The highest BCUT2D eigenvalue weighted by molar-refractivity contribution is 7.98. The minimum atomic E-state index is -4.48. The predicted octanol–water partition coefficient (Wildman–Crippen LogP) is 4.40. The number of thioether (sulfide) groups is 1. The van der Waals surface area contributed by atoms with Gasteiger partial charge in [0.2, 0.25) is 0 Å². The number of pyridine rings is 1. The summed E-state index contributed by atoms with van der Waals surface area (Å²) in [6.07, 6.45) is -1.32. The first-order valence-corrected chi connectivity index (χ1v) is 10.6. The maximum Gasteiger partial charge on any atom is 0.408 e. The summed E-state index contributed by atoms with van der Waals surface area (Å²) in [5.41, 5.74) is 3.74. The monoisotopic (exact) mass is 443 g/mol. The van der Waals surface area contributed by atoms with Gasteiger partial charge in [0, 0.05) is 17.0 Å². The molecule has 1 aromatic carbocycles. The fraction of sp³-hybridized carbons (Fsp3) is 0.400. The molecule has 29 heavy (non-hydrogen) atoms. The summed E-state index contributed by atoms with van der Waals surface area (Å²) >= 11 is 7.91. The van der Waals surface area contributed by atoms with Gasteiger partial charge in [0.1, 0.15) is 6.04 Å². The van der Waals surface area contributed by atoms with E-state index in [0.29, 0.717) is 10.8 Å². The van der Waals surface area contributed by atoms with E-state index >= 15 is 0 Å². The Bertz CT molecular complexity index is 875. The lowest BCUT2D eigenvalue weighted by atomic mass is 9.98. The zero-order valence-corrected chi connectivity index (χ0v) is 17.3. The van der Waals surface area contributed by atoms with E-state index in [4.69, 9.17) is 11.6 Å². The summed E-state index contributed by atoms with van der Waals surface area (Å²) in [5.74, 6) is -0.172. The molecule has 0 unspecified atom stereocenters. The first-order chi connectivity index (χ1) is 13.8. The van der Waals surface area contributed by atoms with Gasteiger partial charge in [0.05, 0.1) is 10.6 Å². The van der Waals surface area contributed by atoms with Crippen molar-refractivity contribution in [1.82, 2.24) is 15.6 Å². The van der Waals surface area contributed by atoms with Crippen LogP contribution in [0.3, 0.4) is 0 Å². The Morgan fingerprint density at radius 3 is 2.72 bits per heavy atom. The number of benzene rings is 1. The highest BCUT2D eigenvalue weighted by Gasteiger charge is 2.37. The van der Waals surface area contributed by atoms with Gasteiger partial charge >= 0.3 is 6.18 Å². The average Bonchev–Trinajstić information content (AvgIpc) is 2.92. The Hall–Kier alpha value is -1.77. The number of hydrogen-bond acceptors (Lipinski definition) is 4. The molecule has 0 saturated carbocycles. The molecule has 1 atom stereocenters. The number of carbonyl (C=O) groups is 1. The normalized spacial score (nSPS) is 15.3. The number of carbonyl (C=O) groups excluding carboxylic acids is 1. The molecule has 0 saturated heterocycles. The van der Waals surface area contributed by atoms with Crippen LogP contribution in [0.25, 0.3) is 0 Å². The van der Waals surface area contributed by atoms with Gasteiger partial charge in [-0.05, 0) is 67.7 Å². The summed E-state index contributed by atoms with van der Waals surface area (Å²) in [6, 6.07) is 5.19. The van der Waals surface area contributed by atoms with Gasteiger partial charge in [0.25, 0.3) is 5.91 Å². The van der Waals surface area contributed by atoms with E-state index in [-0.39, 0.29) is 5.56 Å². The predicted molar refractivity (Wildman–Crippen MR) is 109 cm³/mol. The van der Waals surface area contributed by atoms with Crippen LogP contribution in [0.5, 0.6) is 0 Å². The third-order valence-electron chi connectivity index (χ3n) is 4.80. The van der Waals surface area contributed by atoms with Crippen molar-refractivity contribution >= 4 is 29.3 Å². The van der Waals surface area contributed by atoms with E-state index in [1.165, 1.54) is 35.2 Å². The number of halogens is 4. The molecular formula is C20H21ClF3N3OS. The van der Waals surface area contributed by atoms with E-state index < -0.39 is 18.1 Å². The van der Waals surface area contributed by atoms with Crippen LogP contribution in [0.15, 0.2) is 35.5 Å². The highest BCUT2D eigenvalue weighted by atomic mass is 35.5. The number of amides is 1. The third-order valence-corrected chi connectivity index (χ3v) is 6.12. The van der Waals surface area contributed by atoms with Crippen molar-refractivity contribution in [2.45, 2.75) is 42.8 Å². The van der Waals surface area contributed by atoms with Crippen LogP contribution in [-0.4, -0.2) is 36.2 Å². The van der Waals surface area contributed by atoms with E-state index in [0.717, 1.165) is 43.4 Å². The van der Waals surface area contributed by atoms with Gasteiger partial charge in [-0.3, -0.25) is 4.79 Å². The minimum absolute atomic E-state index is 0.0862. The molecule has 0 aliphatic carbocycles. The largest absolute Gasteiger partial charge is 0.408 e. The highest BCUT2D eigenvalue weighted by Crippen LogP contribution is 2.31. The fourth-order valence-corrected chi connectivity index (χ4v) is 4.32. The molecule has 1 aliphatic rings. The van der Waals surface area contributed by atoms with Crippen molar-refractivity contribution in [3.8, 4) is 0 Å². The van der Waals surface area contributed by atoms with Gasteiger partial charge in [-0.15, -0.1) is 11.8 Å². The Morgan fingerprint density at radius 2 is 2.03 bits per heavy atom. The van der Waals surface area contributed by atoms with Gasteiger partial charge in [-0.25, -0.2) is 4.98 Å². The summed E-state index contributed by atoms with van der Waals surface area (Å²) in [7, 11) is 0. The molecule has 4 nitrogen and oxygen atoms in total. The Morgan fingerprint density at radius 1 is 1.28 bits per heavy atom. The molecule has 1 aromatic heterocycles. The van der Waals surface area contributed by atoms with Crippen LogP contribution in [0.1, 0.15) is 34.0 Å². The lowest BCUT2D eigenvalue weighted by molar-refractivity contribution is -0.149. The van der Waals surface area contributed by atoms with E-state index in [9.17, 15) is 18.0 Å². The molecule has 2 heterocycles. The minimum Gasteiger partial charge on any atom is -0.340 e. The molecule has 0 bridgehead atoms. The number of aromatic nitrogens is 1. The molecule has 0 fully saturated rings. The second-order valence-corrected chi connectivity index (χ2v) is 8.23.